The van der Waals surface area contributed by atoms with Crippen LogP contribution in [0.5, 0.6) is 0 Å². The standard InChI is InChI=1S/C17H20N2OS/c18-16-7-1-4-13-12-19(10-9-15(13)16)17(20)8-2-5-14-6-3-11-21-14/h1,3-4,6-7,11H,2,5,8-10,12,18H2. The molecule has 0 bridgehead atoms. The fraction of sp³-hybridized carbons (Fsp3) is 0.353. The van der Waals surface area contributed by atoms with Gasteiger partial charge in [0.1, 0.15) is 0 Å². The van der Waals surface area contributed by atoms with Crippen LogP contribution in [-0.2, 0) is 24.2 Å². The van der Waals surface area contributed by atoms with E-state index in [4.69, 9.17) is 5.73 Å². The molecular weight excluding hydrogens is 280 g/mol. The third kappa shape index (κ3) is 3.27. The van der Waals surface area contributed by atoms with Gasteiger partial charge in [-0.25, -0.2) is 0 Å². The Morgan fingerprint density at radius 3 is 3.00 bits per heavy atom. The van der Waals surface area contributed by atoms with Crippen molar-refractivity contribution in [2.45, 2.75) is 32.2 Å². The molecule has 1 aromatic heterocycles. The number of nitrogens with two attached hydrogens (primary N) is 1. The second-order valence-electron chi connectivity index (χ2n) is 5.48. The summed E-state index contributed by atoms with van der Waals surface area (Å²) in [6, 6.07) is 10.2. The molecule has 0 radical (unpaired) electrons. The van der Waals surface area contributed by atoms with Gasteiger partial charge in [-0.05, 0) is 47.9 Å². The Balaban J connectivity index is 1.54. The highest BCUT2D eigenvalue weighted by atomic mass is 32.1. The highest BCUT2D eigenvalue weighted by Gasteiger charge is 2.21. The second kappa shape index (κ2) is 6.31. The van der Waals surface area contributed by atoms with Crippen LogP contribution in [0.1, 0.15) is 28.8 Å². The summed E-state index contributed by atoms with van der Waals surface area (Å²) in [5.74, 6) is 0.264. The summed E-state index contributed by atoms with van der Waals surface area (Å²) in [4.78, 5) is 15.6. The van der Waals surface area contributed by atoms with Crippen molar-refractivity contribution in [1.82, 2.24) is 4.90 Å². The van der Waals surface area contributed by atoms with Crippen molar-refractivity contribution in [3.63, 3.8) is 0 Å². The Bertz CT molecular complexity index is 622. The topological polar surface area (TPSA) is 46.3 Å². The van der Waals surface area contributed by atoms with E-state index in [2.05, 4.69) is 23.6 Å². The molecule has 1 amide bonds. The van der Waals surface area contributed by atoms with Crippen LogP contribution in [0.15, 0.2) is 35.7 Å². The summed E-state index contributed by atoms with van der Waals surface area (Å²) >= 11 is 1.76. The maximum atomic E-state index is 12.3. The lowest BCUT2D eigenvalue weighted by Crippen LogP contribution is -2.36. The van der Waals surface area contributed by atoms with Crippen LogP contribution in [-0.4, -0.2) is 17.4 Å². The number of aryl methyl sites for hydroxylation is 1. The highest BCUT2D eigenvalue weighted by molar-refractivity contribution is 7.09. The monoisotopic (exact) mass is 300 g/mol. The summed E-state index contributed by atoms with van der Waals surface area (Å²) in [5.41, 5.74) is 9.28. The predicted octanol–water partition coefficient (Wildman–Crippen LogP) is 3.24. The predicted molar refractivity (Wildman–Crippen MR) is 87.2 cm³/mol. The number of carbonyl (C=O) groups excluding carboxylic acids is 1. The molecule has 0 spiro atoms. The zero-order chi connectivity index (χ0) is 14.7. The molecular formula is C17H20N2OS. The van der Waals surface area contributed by atoms with E-state index in [9.17, 15) is 4.79 Å². The quantitative estimate of drug-likeness (QED) is 0.881. The van der Waals surface area contributed by atoms with Crippen molar-refractivity contribution in [3.05, 3.63) is 51.7 Å². The van der Waals surface area contributed by atoms with Gasteiger partial charge in [-0.15, -0.1) is 11.3 Å². The molecule has 0 saturated carbocycles. The molecule has 0 unspecified atom stereocenters. The smallest absolute Gasteiger partial charge is 0.222 e. The van der Waals surface area contributed by atoms with Gasteiger partial charge in [-0.2, -0.15) is 0 Å². The fourth-order valence-electron chi connectivity index (χ4n) is 2.88. The van der Waals surface area contributed by atoms with E-state index >= 15 is 0 Å². The fourth-order valence-corrected chi connectivity index (χ4v) is 3.63. The van der Waals surface area contributed by atoms with E-state index in [-0.39, 0.29) is 5.91 Å². The molecule has 3 rings (SSSR count). The Hall–Kier alpha value is -1.81. The lowest BCUT2D eigenvalue weighted by molar-refractivity contribution is -0.132. The number of anilines is 1. The summed E-state index contributed by atoms with van der Waals surface area (Å²) in [5, 5.41) is 2.09. The Morgan fingerprint density at radius 1 is 1.29 bits per heavy atom. The number of hydrogen-bond donors (Lipinski definition) is 1. The van der Waals surface area contributed by atoms with Crippen molar-refractivity contribution < 1.29 is 4.79 Å². The molecule has 110 valence electrons. The van der Waals surface area contributed by atoms with Crippen LogP contribution >= 0.6 is 11.3 Å². The van der Waals surface area contributed by atoms with Gasteiger partial charge in [0.05, 0.1) is 0 Å². The molecule has 0 aliphatic carbocycles. The Morgan fingerprint density at radius 2 is 2.19 bits per heavy atom. The average molecular weight is 300 g/mol. The first-order valence-electron chi connectivity index (χ1n) is 7.40. The van der Waals surface area contributed by atoms with Gasteiger partial charge in [0.2, 0.25) is 5.91 Å². The maximum absolute atomic E-state index is 12.3. The van der Waals surface area contributed by atoms with E-state index in [1.807, 2.05) is 17.0 Å². The second-order valence-corrected chi connectivity index (χ2v) is 6.52. The number of nitrogens with zero attached hydrogens (tertiary/aromatic N) is 1. The minimum atomic E-state index is 0.264. The molecule has 2 N–H and O–H groups in total. The largest absolute Gasteiger partial charge is 0.398 e. The van der Waals surface area contributed by atoms with Gasteiger partial charge in [-0.3, -0.25) is 4.79 Å². The molecule has 1 aliphatic rings. The molecule has 0 fully saturated rings. The summed E-state index contributed by atoms with van der Waals surface area (Å²) in [6.45, 7) is 1.50. The molecule has 21 heavy (non-hydrogen) atoms. The molecule has 2 heterocycles. The van der Waals surface area contributed by atoms with E-state index in [1.165, 1.54) is 16.0 Å². The lowest BCUT2D eigenvalue weighted by atomic mass is 9.97. The third-order valence-corrected chi connectivity index (χ3v) is 4.98. The van der Waals surface area contributed by atoms with Gasteiger partial charge in [0, 0.05) is 30.1 Å². The number of benzene rings is 1. The van der Waals surface area contributed by atoms with Crippen LogP contribution in [0.25, 0.3) is 0 Å². The Labute approximate surface area is 129 Å². The number of fused-ring (bicyclic) bond motifs is 1. The van der Waals surface area contributed by atoms with Crippen molar-refractivity contribution in [2.75, 3.05) is 12.3 Å². The third-order valence-electron chi connectivity index (χ3n) is 4.05. The molecule has 2 aromatic rings. The van der Waals surface area contributed by atoms with E-state index in [0.29, 0.717) is 13.0 Å². The number of thiophene rings is 1. The van der Waals surface area contributed by atoms with Crippen molar-refractivity contribution in [3.8, 4) is 0 Å². The minimum Gasteiger partial charge on any atom is -0.398 e. The van der Waals surface area contributed by atoms with Crippen LogP contribution < -0.4 is 5.73 Å². The van der Waals surface area contributed by atoms with Crippen LogP contribution in [0, 0.1) is 0 Å². The normalized spacial score (nSPS) is 14.0. The number of amides is 1. The molecule has 4 heteroatoms. The first-order chi connectivity index (χ1) is 10.2. The van der Waals surface area contributed by atoms with Crippen LogP contribution in [0.2, 0.25) is 0 Å². The van der Waals surface area contributed by atoms with Crippen molar-refractivity contribution in [2.24, 2.45) is 0 Å². The highest BCUT2D eigenvalue weighted by Crippen LogP contribution is 2.24. The molecule has 0 atom stereocenters. The van der Waals surface area contributed by atoms with Crippen LogP contribution in [0.3, 0.4) is 0 Å². The summed E-state index contributed by atoms with van der Waals surface area (Å²) in [7, 11) is 0. The van der Waals surface area contributed by atoms with Crippen molar-refractivity contribution >= 4 is 22.9 Å². The summed E-state index contributed by atoms with van der Waals surface area (Å²) < 4.78 is 0. The molecule has 0 saturated heterocycles. The van der Waals surface area contributed by atoms with Crippen molar-refractivity contribution in [1.29, 1.82) is 0 Å². The SMILES string of the molecule is Nc1cccc2c1CCN(C(=O)CCCc1cccs1)C2. The zero-order valence-corrected chi connectivity index (χ0v) is 12.9. The zero-order valence-electron chi connectivity index (χ0n) is 12.0. The van der Waals surface area contributed by atoms with Gasteiger partial charge in [0.25, 0.3) is 0 Å². The number of hydrogen-bond acceptors (Lipinski definition) is 3. The number of nitrogen functional groups attached to an aromatic ring is 1. The molecule has 1 aromatic carbocycles. The molecule has 1 aliphatic heterocycles. The maximum Gasteiger partial charge on any atom is 0.222 e. The summed E-state index contributed by atoms with van der Waals surface area (Å²) in [6.07, 6.45) is 3.44. The number of rotatable bonds is 4. The Kier molecular flexibility index (Phi) is 4.25. The minimum absolute atomic E-state index is 0.264. The molecule has 3 nitrogen and oxygen atoms in total. The van der Waals surface area contributed by atoms with Gasteiger partial charge < -0.3 is 10.6 Å². The van der Waals surface area contributed by atoms with Crippen LogP contribution in [0.4, 0.5) is 5.69 Å². The lowest BCUT2D eigenvalue weighted by Gasteiger charge is -2.29. The van der Waals surface area contributed by atoms with E-state index < -0.39 is 0 Å². The van der Waals surface area contributed by atoms with Gasteiger partial charge in [-0.1, -0.05) is 18.2 Å². The van der Waals surface area contributed by atoms with Gasteiger partial charge in [0.15, 0.2) is 0 Å². The first-order valence-corrected chi connectivity index (χ1v) is 8.28. The average Bonchev–Trinajstić information content (AvgIpc) is 3.00. The van der Waals surface area contributed by atoms with E-state index in [1.54, 1.807) is 11.3 Å². The van der Waals surface area contributed by atoms with Gasteiger partial charge >= 0.3 is 0 Å². The number of carbonyl (C=O) groups is 1. The first kappa shape index (κ1) is 14.1. The van der Waals surface area contributed by atoms with E-state index in [0.717, 1.165) is 31.5 Å².